The molecule has 0 saturated carbocycles. The highest BCUT2D eigenvalue weighted by molar-refractivity contribution is 7.89. The first-order valence-corrected chi connectivity index (χ1v) is 12.0. The fourth-order valence-electron chi connectivity index (χ4n) is 3.86. The number of nitrogens with zero attached hydrogens (tertiary/aromatic N) is 4. The molecule has 0 unspecified atom stereocenters. The van der Waals surface area contributed by atoms with Crippen molar-refractivity contribution in [2.75, 3.05) is 31.1 Å². The van der Waals surface area contributed by atoms with Gasteiger partial charge in [0.2, 0.25) is 15.8 Å². The molecule has 3 aromatic carbocycles. The Hall–Kier alpha value is -3.56. The molecule has 0 amide bonds. The van der Waals surface area contributed by atoms with Crippen LogP contribution < -0.4 is 4.90 Å². The van der Waals surface area contributed by atoms with Crippen LogP contribution in [0.1, 0.15) is 0 Å². The highest BCUT2D eigenvalue weighted by Gasteiger charge is 2.29. The van der Waals surface area contributed by atoms with E-state index in [4.69, 9.17) is 4.52 Å². The van der Waals surface area contributed by atoms with Crippen molar-refractivity contribution in [2.24, 2.45) is 0 Å². The molecule has 0 spiro atoms. The average molecular weight is 465 g/mol. The van der Waals surface area contributed by atoms with Crippen molar-refractivity contribution < 1.29 is 17.3 Å². The summed E-state index contributed by atoms with van der Waals surface area (Å²) >= 11 is 0. The van der Waals surface area contributed by atoms with Gasteiger partial charge < -0.3 is 9.42 Å². The summed E-state index contributed by atoms with van der Waals surface area (Å²) in [5.74, 6) is 0.370. The first kappa shape index (κ1) is 21.3. The monoisotopic (exact) mass is 464 g/mol. The molecule has 1 aliphatic heterocycles. The van der Waals surface area contributed by atoms with Crippen LogP contribution in [0.2, 0.25) is 0 Å². The number of hydrogen-bond donors (Lipinski definition) is 0. The Morgan fingerprint density at radius 1 is 0.818 bits per heavy atom. The Kier molecular flexibility index (Phi) is 5.65. The van der Waals surface area contributed by atoms with Crippen LogP contribution >= 0.6 is 0 Å². The minimum absolute atomic E-state index is 0.152. The van der Waals surface area contributed by atoms with E-state index in [1.54, 1.807) is 42.5 Å². The molecule has 0 N–H and O–H groups in total. The van der Waals surface area contributed by atoms with E-state index in [9.17, 15) is 12.8 Å². The first-order valence-electron chi connectivity index (χ1n) is 10.5. The predicted molar refractivity (Wildman–Crippen MR) is 123 cm³/mol. The topological polar surface area (TPSA) is 79.5 Å². The molecule has 7 nitrogen and oxygen atoms in total. The maximum atomic E-state index is 14.1. The van der Waals surface area contributed by atoms with Gasteiger partial charge in [-0.15, -0.1) is 0 Å². The molecular weight excluding hydrogens is 443 g/mol. The molecule has 5 rings (SSSR count). The van der Waals surface area contributed by atoms with Crippen molar-refractivity contribution in [3.63, 3.8) is 0 Å². The zero-order valence-electron chi connectivity index (χ0n) is 17.6. The zero-order chi connectivity index (χ0) is 22.8. The lowest BCUT2D eigenvalue weighted by Crippen LogP contribution is -2.48. The van der Waals surface area contributed by atoms with E-state index in [-0.39, 0.29) is 29.7 Å². The third kappa shape index (κ3) is 4.24. The molecule has 168 valence electrons. The minimum atomic E-state index is -3.73. The summed E-state index contributed by atoms with van der Waals surface area (Å²) in [6.07, 6.45) is 0. The van der Waals surface area contributed by atoms with Crippen LogP contribution in [-0.2, 0) is 10.0 Å². The van der Waals surface area contributed by atoms with Crippen LogP contribution in [0.15, 0.2) is 88.3 Å². The number of aromatic nitrogens is 2. The molecule has 0 aliphatic carbocycles. The van der Waals surface area contributed by atoms with E-state index in [2.05, 4.69) is 10.1 Å². The summed E-state index contributed by atoms with van der Waals surface area (Å²) in [5, 5.41) is 4.01. The van der Waals surface area contributed by atoms with Gasteiger partial charge in [-0.1, -0.05) is 53.7 Å². The number of para-hydroxylation sites is 1. The van der Waals surface area contributed by atoms with Gasteiger partial charge in [0.1, 0.15) is 5.82 Å². The maximum Gasteiger partial charge on any atom is 0.258 e. The number of sulfonamides is 1. The Labute approximate surface area is 191 Å². The minimum Gasteiger partial charge on any atom is -0.367 e. The highest BCUT2D eigenvalue weighted by Crippen LogP contribution is 2.27. The van der Waals surface area contributed by atoms with Gasteiger partial charge in [0.05, 0.1) is 10.6 Å². The molecule has 33 heavy (non-hydrogen) atoms. The van der Waals surface area contributed by atoms with Gasteiger partial charge in [0.25, 0.3) is 5.89 Å². The van der Waals surface area contributed by atoms with E-state index in [0.29, 0.717) is 30.2 Å². The second-order valence-corrected chi connectivity index (χ2v) is 9.60. The average Bonchev–Trinajstić information content (AvgIpc) is 3.36. The molecule has 2 heterocycles. The van der Waals surface area contributed by atoms with Crippen LogP contribution in [0, 0.1) is 5.82 Å². The Morgan fingerprint density at radius 2 is 1.52 bits per heavy atom. The fraction of sp³-hybridized carbons (Fsp3) is 0.167. The number of rotatable bonds is 5. The fourth-order valence-corrected chi connectivity index (χ4v) is 5.33. The lowest BCUT2D eigenvalue weighted by atomic mass is 10.2. The van der Waals surface area contributed by atoms with Crippen LogP contribution in [0.25, 0.3) is 22.8 Å². The van der Waals surface area contributed by atoms with E-state index in [1.807, 2.05) is 35.2 Å². The van der Waals surface area contributed by atoms with Crippen molar-refractivity contribution >= 4 is 15.7 Å². The van der Waals surface area contributed by atoms with Gasteiger partial charge in [-0.3, -0.25) is 0 Å². The van der Waals surface area contributed by atoms with Crippen LogP contribution in [0.5, 0.6) is 0 Å². The normalized spacial score (nSPS) is 15.0. The van der Waals surface area contributed by atoms with Crippen LogP contribution in [-0.4, -0.2) is 49.0 Å². The number of piperazine rings is 1. The summed E-state index contributed by atoms with van der Waals surface area (Å²) in [7, 11) is -3.73. The van der Waals surface area contributed by atoms with Gasteiger partial charge in [-0.2, -0.15) is 9.29 Å². The van der Waals surface area contributed by atoms with Gasteiger partial charge >= 0.3 is 0 Å². The zero-order valence-corrected chi connectivity index (χ0v) is 18.5. The molecule has 0 bridgehead atoms. The van der Waals surface area contributed by atoms with Gasteiger partial charge in [0, 0.05) is 37.3 Å². The number of hydrogen-bond acceptors (Lipinski definition) is 6. The highest BCUT2D eigenvalue weighted by atomic mass is 32.2. The molecular formula is C24H21FN4O3S. The second kappa shape index (κ2) is 8.76. The second-order valence-electron chi connectivity index (χ2n) is 7.66. The molecule has 4 aromatic rings. The van der Waals surface area contributed by atoms with Gasteiger partial charge in [-0.25, -0.2) is 12.8 Å². The van der Waals surface area contributed by atoms with Crippen molar-refractivity contribution in [3.8, 4) is 22.8 Å². The first-order chi connectivity index (χ1) is 16.0. The van der Waals surface area contributed by atoms with Crippen LogP contribution in [0.4, 0.5) is 10.1 Å². The Balaban J connectivity index is 1.34. The smallest absolute Gasteiger partial charge is 0.258 e. The SMILES string of the molecule is O=S(=O)(c1cccc(-c2nc(-c3ccccc3)no2)c1)N1CCN(c2ccccc2F)CC1. The predicted octanol–water partition coefficient (Wildman–Crippen LogP) is 4.05. The lowest BCUT2D eigenvalue weighted by Gasteiger charge is -2.35. The van der Waals surface area contributed by atoms with E-state index >= 15 is 0 Å². The summed E-state index contributed by atoms with van der Waals surface area (Å²) in [6.45, 7) is 1.34. The molecule has 0 radical (unpaired) electrons. The third-order valence-electron chi connectivity index (χ3n) is 5.61. The van der Waals surface area contributed by atoms with Crippen molar-refractivity contribution in [1.29, 1.82) is 0 Å². The summed E-state index contributed by atoms with van der Waals surface area (Å²) in [6, 6.07) is 22.4. The number of halogens is 1. The molecule has 1 saturated heterocycles. The quantitative estimate of drug-likeness (QED) is 0.443. The van der Waals surface area contributed by atoms with Gasteiger partial charge in [0.15, 0.2) is 0 Å². The Bertz CT molecular complexity index is 1370. The number of benzene rings is 3. The van der Waals surface area contributed by atoms with Crippen molar-refractivity contribution in [2.45, 2.75) is 4.90 Å². The molecule has 1 aliphatic rings. The van der Waals surface area contributed by atoms with Crippen molar-refractivity contribution in [3.05, 3.63) is 84.7 Å². The molecule has 9 heteroatoms. The van der Waals surface area contributed by atoms with Crippen LogP contribution in [0.3, 0.4) is 0 Å². The molecule has 1 fully saturated rings. The summed E-state index contributed by atoms with van der Waals surface area (Å²) in [4.78, 5) is 6.42. The molecule has 1 aromatic heterocycles. The molecule has 0 atom stereocenters. The largest absolute Gasteiger partial charge is 0.367 e. The Morgan fingerprint density at radius 3 is 2.27 bits per heavy atom. The van der Waals surface area contributed by atoms with E-state index in [0.717, 1.165) is 5.56 Å². The summed E-state index contributed by atoms with van der Waals surface area (Å²) in [5.41, 5.74) is 1.82. The third-order valence-corrected chi connectivity index (χ3v) is 7.50. The van der Waals surface area contributed by atoms with Crippen molar-refractivity contribution in [1.82, 2.24) is 14.4 Å². The van der Waals surface area contributed by atoms with E-state index < -0.39 is 10.0 Å². The number of anilines is 1. The lowest BCUT2D eigenvalue weighted by molar-refractivity contribution is 0.383. The van der Waals surface area contributed by atoms with Gasteiger partial charge in [-0.05, 0) is 30.3 Å². The summed E-state index contributed by atoms with van der Waals surface area (Å²) < 4.78 is 47.4. The van der Waals surface area contributed by atoms with E-state index in [1.165, 1.54) is 10.4 Å². The maximum absolute atomic E-state index is 14.1. The standard InChI is InChI=1S/C24H21FN4O3S/c25-21-11-4-5-12-22(21)28-13-15-29(16-14-28)33(30,31)20-10-6-9-19(17-20)24-26-23(27-32-24)18-7-2-1-3-8-18/h1-12,17H,13-16H2.